The Balaban J connectivity index is 2.17. The second-order valence-electron chi connectivity index (χ2n) is 3.52. The summed E-state index contributed by atoms with van der Waals surface area (Å²) in [4.78, 5) is 15.5. The molecule has 0 unspecified atom stereocenters. The summed E-state index contributed by atoms with van der Waals surface area (Å²) < 4.78 is 0. The van der Waals surface area contributed by atoms with Gasteiger partial charge >= 0.3 is 0 Å². The summed E-state index contributed by atoms with van der Waals surface area (Å²) in [5, 5.41) is 13.9. The Kier molecular flexibility index (Phi) is 5.50. The van der Waals surface area contributed by atoms with Crippen molar-refractivity contribution in [1.29, 1.82) is 0 Å². The van der Waals surface area contributed by atoms with Gasteiger partial charge in [-0.3, -0.25) is 9.78 Å². The van der Waals surface area contributed by atoms with Crippen LogP contribution < -0.4 is 11.1 Å². The number of rotatable bonds is 6. The number of hydrogen-bond donors (Lipinski definition) is 3. The Morgan fingerprint density at radius 2 is 2.29 bits per heavy atom. The fraction of sp³-hybridized carbons (Fsp3) is 0.364. The van der Waals surface area contributed by atoms with Gasteiger partial charge in [0.05, 0.1) is 0 Å². The van der Waals surface area contributed by atoms with E-state index in [4.69, 9.17) is 10.9 Å². The Hall–Kier alpha value is -2.11. The van der Waals surface area contributed by atoms with E-state index < -0.39 is 0 Å². The summed E-state index contributed by atoms with van der Waals surface area (Å²) in [6.45, 7) is 0.550. The average molecular weight is 236 g/mol. The first-order valence-electron chi connectivity index (χ1n) is 5.39. The highest BCUT2D eigenvalue weighted by atomic mass is 16.4. The van der Waals surface area contributed by atoms with Crippen LogP contribution in [0.15, 0.2) is 29.6 Å². The maximum Gasteiger partial charge on any atom is 0.269 e. The summed E-state index contributed by atoms with van der Waals surface area (Å²) in [6.07, 6.45) is 3.64. The number of carbonyl (C=O) groups is 1. The third-order valence-corrected chi connectivity index (χ3v) is 2.17. The Morgan fingerprint density at radius 1 is 1.47 bits per heavy atom. The van der Waals surface area contributed by atoms with Gasteiger partial charge in [-0.25, -0.2) is 0 Å². The zero-order valence-corrected chi connectivity index (χ0v) is 9.47. The van der Waals surface area contributed by atoms with Gasteiger partial charge in [-0.05, 0) is 25.0 Å². The SMILES string of the molecule is NC(CCCCNC(=O)c1ccccn1)=NO. The molecular weight excluding hydrogens is 220 g/mol. The molecule has 1 aromatic rings. The van der Waals surface area contributed by atoms with E-state index >= 15 is 0 Å². The van der Waals surface area contributed by atoms with Crippen LogP contribution in [0.5, 0.6) is 0 Å². The molecule has 0 aliphatic heterocycles. The molecule has 0 aliphatic carbocycles. The number of hydrogen-bond acceptors (Lipinski definition) is 4. The van der Waals surface area contributed by atoms with Crippen molar-refractivity contribution in [3.05, 3.63) is 30.1 Å². The molecule has 0 bridgehead atoms. The second-order valence-corrected chi connectivity index (χ2v) is 3.52. The van der Waals surface area contributed by atoms with Gasteiger partial charge in [0.15, 0.2) is 0 Å². The minimum Gasteiger partial charge on any atom is -0.409 e. The summed E-state index contributed by atoms with van der Waals surface area (Å²) >= 11 is 0. The third-order valence-electron chi connectivity index (χ3n) is 2.17. The minimum atomic E-state index is -0.186. The fourth-order valence-corrected chi connectivity index (χ4v) is 1.27. The number of nitrogens with two attached hydrogens (primary N) is 1. The Bertz CT molecular complexity index is 378. The largest absolute Gasteiger partial charge is 0.409 e. The van der Waals surface area contributed by atoms with Crippen molar-refractivity contribution in [3.63, 3.8) is 0 Å². The maximum absolute atomic E-state index is 11.5. The summed E-state index contributed by atoms with van der Waals surface area (Å²) in [5.74, 6) is 0.0236. The molecule has 0 spiro atoms. The van der Waals surface area contributed by atoms with Gasteiger partial charge in [-0.15, -0.1) is 0 Å². The first-order valence-corrected chi connectivity index (χ1v) is 5.39. The lowest BCUT2D eigenvalue weighted by Gasteiger charge is -2.03. The highest BCUT2D eigenvalue weighted by molar-refractivity contribution is 5.92. The van der Waals surface area contributed by atoms with Gasteiger partial charge < -0.3 is 16.3 Å². The van der Waals surface area contributed by atoms with Crippen LogP contribution >= 0.6 is 0 Å². The van der Waals surface area contributed by atoms with Crippen molar-refractivity contribution in [2.75, 3.05) is 6.54 Å². The number of nitrogens with one attached hydrogen (secondary N) is 1. The zero-order valence-electron chi connectivity index (χ0n) is 9.47. The van der Waals surface area contributed by atoms with Crippen molar-refractivity contribution < 1.29 is 10.0 Å². The van der Waals surface area contributed by atoms with Gasteiger partial charge in [0, 0.05) is 19.2 Å². The van der Waals surface area contributed by atoms with E-state index in [2.05, 4.69) is 15.5 Å². The highest BCUT2D eigenvalue weighted by Gasteiger charge is 2.04. The molecule has 92 valence electrons. The summed E-state index contributed by atoms with van der Waals surface area (Å²) in [5.41, 5.74) is 5.72. The lowest BCUT2D eigenvalue weighted by atomic mass is 10.2. The fourth-order valence-electron chi connectivity index (χ4n) is 1.27. The molecule has 1 amide bonds. The molecule has 1 aromatic heterocycles. The second kappa shape index (κ2) is 7.21. The minimum absolute atomic E-state index is 0.186. The molecule has 0 aliphatic rings. The number of carbonyl (C=O) groups excluding carboxylic acids is 1. The molecule has 6 nitrogen and oxygen atoms in total. The van der Waals surface area contributed by atoms with Crippen LogP contribution in [0.4, 0.5) is 0 Å². The first kappa shape index (κ1) is 13.0. The summed E-state index contributed by atoms with van der Waals surface area (Å²) in [7, 11) is 0. The van der Waals surface area contributed by atoms with Crippen molar-refractivity contribution in [2.45, 2.75) is 19.3 Å². The van der Waals surface area contributed by atoms with E-state index in [1.165, 1.54) is 0 Å². The molecule has 0 radical (unpaired) electrons. The number of oxime groups is 1. The predicted molar refractivity (Wildman–Crippen MR) is 63.8 cm³/mol. The Morgan fingerprint density at radius 3 is 2.94 bits per heavy atom. The lowest BCUT2D eigenvalue weighted by molar-refractivity contribution is 0.0948. The molecule has 6 heteroatoms. The molecule has 0 saturated heterocycles. The van der Waals surface area contributed by atoms with E-state index in [0.717, 1.165) is 12.8 Å². The van der Waals surface area contributed by atoms with E-state index in [1.807, 2.05) is 0 Å². The maximum atomic E-state index is 11.5. The van der Waals surface area contributed by atoms with Gasteiger partial charge in [0.1, 0.15) is 11.5 Å². The van der Waals surface area contributed by atoms with E-state index in [-0.39, 0.29) is 11.7 Å². The molecular formula is C11H16N4O2. The number of pyridine rings is 1. The van der Waals surface area contributed by atoms with E-state index in [9.17, 15) is 4.79 Å². The standard InChI is InChI=1S/C11H16N4O2/c12-10(15-17)6-2-4-8-14-11(16)9-5-1-3-7-13-9/h1,3,5,7,17H,2,4,6,8H2,(H2,12,15)(H,14,16). The third kappa shape index (κ3) is 4.96. The predicted octanol–water partition coefficient (Wildman–Crippen LogP) is 0.728. The van der Waals surface area contributed by atoms with Crippen LogP contribution in [0.2, 0.25) is 0 Å². The van der Waals surface area contributed by atoms with Crippen LogP contribution in [0.25, 0.3) is 0 Å². The molecule has 4 N–H and O–H groups in total. The molecule has 0 atom stereocenters. The van der Waals surface area contributed by atoms with Crippen LogP contribution in [0.3, 0.4) is 0 Å². The smallest absolute Gasteiger partial charge is 0.269 e. The topological polar surface area (TPSA) is 101 Å². The number of amidine groups is 1. The van der Waals surface area contributed by atoms with Crippen LogP contribution in [-0.2, 0) is 0 Å². The Labute approximate surface area is 99.5 Å². The van der Waals surface area contributed by atoms with Crippen LogP contribution in [0, 0.1) is 0 Å². The normalized spacial score (nSPS) is 11.2. The number of amides is 1. The molecule has 0 aromatic carbocycles. The van der Waals surface area contributed by atoms with Crippen molar-refractivity contribution >= 4 is 11.7 Å². The molecule has 0 fully saturated rings. The number of aromatic nitrogens is 1. The van der Waals surface area contributed by atoms with Gasteiger partial charge in [-0.1, -0.05) is 11.2 Å². The van der Waals surface area contributed by atoms with Crippen LogP contribution in [-0.4, -0.2) is 28.5 Å². The monoisotopic (exact) mass is 236 g/mol. The molecule has 1 heterocycles. The van der Waals surface area contributed by atoms with Crippen LogP contribution in [0.1, 0.15) is 29.8 Å². The molecule has 0 saturated carbocycles. The molecule has 17 heavy (non-hydrogen) atoms. The number of unbranched alkanes of at least 4 members (excludes halogenated alkanes) is 1. The summed E-state index contributed by atoms with van der Waals surface area (Å²) in [6, 6.07) is 5.18. The highest BCUT2D eigenvalue weighted by Crippen LogP contribution is 1.96. The van der Waals surface area contributed by atoms with E-state index in [1.54, 1.807) is 24.4 Å². The average Bonchev–Trinajstić information content (AvgIpc) is 2.38. The lowest BCUT2D eigenvalue weighted by Crippen LogP contribution is -2.25. The van der Waals surface area contributed by atoms with E-state index in [0.29, 0.717) is 18.7 Å². The van der Waals surface area contributed by atoms with Gasteiger partial charge in [0.25, 0.3) is 5.91 Å². The first-order chi connectivity index (χ1) is 8.24. The molecule has 1 rings (SSSR count). The van der Waals surface area contributed by atoms with Gasteiger partial charge in [-0.2, -0.15) is 0 Å². The van der Waals surface area contributed by atoms with Crippen molar-refractivity contribution in [1.82, 2.24) is 10.3 Å². The number of nitrogens with zero attached hydrogens (tertiary/aromatic N) is 2. The van der Waals surface area contributed by atoms with Gasteiger partial charge in [0.2, 0.25) is 0 Å². The quantitative estimate of drug-likeness (QED) is 0.223. The van der Waals surface area contributed by atoms with Crippen molar-refractivity contribution in [2.24, 2.45) is 10.9 Å². The zero-order chi connectivity index (χ0) is 12.5. The van der Waals surface area contributed by atoms with Crippen molar-refractivity contribution in [3.8, 4) is 0 Å².